The van der Waals surface area contributed by atoms with Crippen LogP contribution in [0.2, 0.25) is 0 Å². The first-order chi connectivity index (χ1) is 12.1. The van der Waals surface area contributed by atoms with E-state index in [-0.39, 0.29) is 5.92 Å². The minimum Gasteiger partial charge on any atom is -0.380 e. The summed E-state index contributed by atoms with van der Waals surface area (Å²) in [7, 11) is 4.47. The highest BCUT2D eigenvalue weighted by Crippen LogP contribution is 2.51. The van der Waals surface area contributed by atoms with Crippen LogP contribution in [0.1, 0.15) is 30.6 Å². The summed E-state index contributed by atoms with van der Waals surface area (Å²) >= 11 is 0. The van der Waals surface area contributed by atoms with Crippen LogP contribution in [0.5, 0.6) is 0 Å². The predicted octanol–water partition coefficient (Wildman–Crippen LogP) is 2.95. The molecular weight excluding hydrogens is 312 g/mol. The smallest absolute Gasteiger partial charge is 0.135 e. The van der Waals surface area contributed by atoms with Crippen molar-refractivity contribution in [2.24, 2.45) is 24.8 Å². The van der Waals surface area contributed by atoms with E-state index >= 15 is 0 Å². The van der Waals surface area contributed by atoms with Crippen molar-refractivity contribution in [2.75, 3.05) is 20.3 Å². The quantitative estimate of drug-likeness (QED) is 0.802. The number of likely N-dealkylation sites (N-methyl/N-ethyl adjacent to an activating group) is 1. The third-order valence-electron chi connectivity index (χ3n) is 7.19. The van der Waals surface area contributed by atoms with Gasteiger partial charge in [0, 0.05) is 41.5 Å². The highest BCUT2D eigenvalue weighted by molar-refractivity contribution is 5.86. The molecule has 0 amide bonds. The lowest BCUT2D eigenvalue weighted by Gasteiger charge is -2.54. The number of fused-ring (bicyclic) bond motifs is 8. The summed E-state index contributed by atoms with van der Waals surface area (Å²) in [4.78, 5) is 14.8. The molecule has 0 unspecified atom stereocenters. The van der Waals surface area contributed by atoms with Crippen molar-refractivity contribution >= 4 is 16.7 Å². The first-order valence-corrected chi connectivity index (χ1v) is 9.44. The van der Waals surface area contributed by atoms with E-state index in [0.717, 1.165) is 19.4 Å². The van der Waals surface area contributed by atoms with Crippen molar-refractivity contribution in [3.05, 3.63) is 35.5 Å². The zero-order valence-electron chi connectivity index (χ0n) is 15.2. The molecule has 0 radical (unpaired) electrons. The third kappa shape index (κ3) is 2.04. The van der Waals surface area contributed by atoms with Crippen LogP contribution >= 0.6 is 0 Å². The summed E-state index contributed by atoms with van der Waals surface area (Å²) in [6.45, 7) is 3.16. The lowest BCUT2D eigenvalue weighted by atomic mass is 9.65. The van der Waals surface area contributed by atoms with E-state index in [2.05, 4.69) is 47.8 Å². The number of para-hydroxylation sites is 1. The topological polar surface area (TPSA) is 34.5 Å². The van der Waals surface area contributed by atoms with Gasteiger partial charge in [0.25, 0.3) is 0 Å². The van der Waals surface area contributed by atoms with Crippen LogP contribution in [0.3, 0.4) is 0 Å². The summed E-state index contributed by atoms with van der Waals surface area (Å²) in [5, 5.41) is 1.40. The van der Waals surface area contributed by atoms with Gasteiger partial charge in [0.1, 0.15) is 5.78 Å². The monoisotopic (exact) mass is 338 g/mol. The van der Waals surface area contributed by atoms with Crippen molar-refractivity contribution in [3.63, 3.8) is 0 Å². The number of aromatic nitrogens is 1. The van der Waals surface area contributed by atoms with E-state index in [4.69, 9.17) is 4.74 Å². The van der Waals surface area contributed by atoms with E-state index in [1.807, 2.05) is 0 Å². The first kappa shape index (κ1) is 15.6. The second-order valence-corrected chi connectivity index (χ2v) is 8.21. The number of rotatable bonds is 1. The van der Waals surface area contributed by atoms with Crippen LogP contribution in [0.4, 0.5) is 0 Å². The van der Waals surface area contributed by atoms with E-state index in [0.29, 0.717) is 36.3 Å². The molecule has 25 heavy (non-hydrogen) atoms. The van der Waals surface area contributed by atoms with Gasteiger partial charge in [-0.1, -0.05) is 18.2 Å². The Labute approximate surface area is 148 Å². The number of nitrogens with zero attached hydrogens (tertiary/aromatic N) is 2. The molecule has 1 aromatic heterocycles. The first-order valence-electron chi connectivity index (χ1n) is 9.44. The predicted molar refractivity (Wildman–Crippen MR) is 97.5 cm³/mol. The second kappa shape index (κ2) is 5.42. The fourth-order valence-electron chi connectivity index (χ4n) is 5.93. The zero-order chi connectivity index (χ0) is 17.3. The molecule has 2 bridgehead atoms. The van der Waals surface area contributed by atoms with Gasteiger partial charge in [-0.2, -0.15) is 0 Å². The third-order valence-corrected chi connectivity index (χ3v) is 7.19. The number of piperidine rings is 1. The molecule has 1 aromatic carbocycles. The number of Topliss-reactive ketones (excluding diaryl/α,β-unsaturated/α-hetero) is 1. The van der Waals surface area contributed by atoms with Crippen LogP contribution < -0.4 is 0 Å². The summed E-state index contributed by atoms with van der Waals surface area (Å²) < 4.78 is 8.27. The van der Waals surface area contributed by atoms with E-state index in [1.54, 1.807) is 6.92 Å². The Kier molecular flexibility index (Phi) is 3.38. The van der Waals surface area contributed by atoms with Gasteiger partial charge < -0.3 is 9.30 Å². The number of aryl methyl sites for hydroxylation is 1. The maximum absolute atomic E-state index is 12.2. The number of ether oxygens (including phenoxy) is 1. The standard InChI is InChI=1S/C21H26N2O2/c1-12(24)16-10-25-11-17-14(16)8-20-21-15(9-19(17)22(20)2)13-6-4-5-7-18(13)23(21)3/h4-7,14,16-17,19-20H,8-11H2,1-3H3/t14-,16-,17+,19-,20-/m0/s1. The molecule has 5 rings (SSSR count). The number of ketones is 1. The van der Waals surface area contributed by atoms with Gasteiger partial charge in [0.2, 0.25) is 0 Å². The van der Waals surface area contributed by atoms with Crippen molar-refractivity contribution in [1.29, 1.82) is 0 Å². The highest BCUT2D eigenvalue weighted by Gasteiger charge is 2.51. The van der Waals surface area contributed by atoms with Gasteiger partial charge in [-0.25, -0.2) is 0 Å². The molecule has 2 aromatic rings. The normalized spacial score (nSPS) is 34.6. The number of carbonyl (C=O) groups excluding carboxylic acids is 1. The number of carbonyl (C=O) groups is 1. The molecule has 2 saturated heterocycles. The molecule has 4 nitrogen and oxygen atoms in total. The van der Waals surface area contributed by atoms with Gasteiger partial charge in [-0.05, 0) is 44.4 Å². The molecule has 0 saturated carbocycles. The van der Waals surface area contributed by atoms with Crippen LogP contribution in [0, 0.1) is 17.8 Å². The summed E-state index contributed by atoms with van der Waals surface area (Å²) in [5.41, 5.74) is 4.32. The maximum atomic E-state index is 12.2. The lowest BCUT2D eigenvalue weighted by Crippen LogP contribution is -2.58. The van der Waals surface area contributed by atoms with Crippen molar-refractivity contribution in [1.82, 2.24) is 9.47 Å². The Morgan fingerprint density at radius 2 is 1.96 bits per heavy atom. The van der Waals surface area contributed by atoms with E-state index in [9.17, 15) is 4.79 Å². The summed E-state index contributed by atoms with van der Waals surface area (Å²) in [6.07, 6.45) is 2.14. The average molecular weight is 338 g/mol. The van der Waals surface area contributed by atoms with Gasteiger partial charge in [0.15, 0.2) is 0 Å². The molecule has 4 heterocycles. The largest absolute Gasteiger partial charge is 0.380 e. The van der Waals surface area contributed by atoms with Gasteiger partial charge in [-0.15, -0.1) is 0 Å². The number of benzene rings is 1. The summed E-state index contributed by atoms with van der Waals surface area (Å²) in [6, 6.07) is 9.66. The number of hydrogen-bond donors (Lipinski definition) is 0. The maximum Gasteiger partial charge on any atom is 0.135 e. The fourth-order valence-corrected chi connectivity index (χ4v) is 5.93. The molecule has 2 fully saturated rings. The Balaban J connectivity index is 1.66. The average Bonchev–Trinajstić information content (AvgIpc) is 2.88. The van der Waals surface area contributed by atoms with Crippen molar-refractivity contribution in [3.8, 4) is 0 Å². The van der Waals surface area contributed by atoms with Crippen molar-refractivity contribution < 1.29 is 9.53 Å². The van der Waals surface area contributed by atoms with Gasteiger partial charge in [0.05, 0.1) is 19.3 Å². The van der Waals surface area contributed by atoms with Gasteiger partial charge >= 0.3 is 0 Å². The molecule has 132 valence electrons. The minimum absolute atomic E-state index is 0.0775. The number of hydrogen-bond acceptors (Lipinski definition) is 3. The van der Waals surface area contributed by atoms with E-state index in [1.165, 1.54) is 22.2 Å². The minimum atomic E-state index is 0.0775. The summed E-state index contributed by atoms with van der Waals surface area (Å²) in [5.74, 6) is 1.31. The highest BCUT2D eigenvalue weighted by atomic mass is 16.5. The Morgan fingerprint density at radius 1 is 1.16 bits per heavy atom. The Bertz CT molecular complexity index is 855. The fraction of sp³-hybridized carbons (Fsp3) is 0.571. The molecule has 0 spiro atoms. The van der Waals surface area contributed by atoms with Gasteiger partial charge in [-0.3, -0.25) is 9.69 Å². The Morgan fingerprint density at radius 3 is 2.76 bits per heavy atom. The van der Waals surface area contributed by atoms with E-state index < -0.39 is 0 Å². The molecule has 3 aliphatic rings. The Hall–Kier alpha value is -1.65. The van der Waals surface area contributed by atoms with Crippen LogP contribution in [-0.2, 0) is 23.0 Å². The lowest BCUT2D eigenvalue weighted by molar-refractivity contribution is -0.142. The SMILES string of the molecule is CC(=O)[C@@H]1COC[C@@H]2[C@H]1C[C@H]1c3c(c4ccccc4n3C)C[C@@H]2N1C. The van der Waals surface area contributed by atoms with Crippen LogP contribution in [-0.4, -0.2) is 41.6 Å². The van der Waals surface area contributed by atoms with Crippen molar-refractivity contribution in [2.45, 2.75) is 31.8 Å². The molecular formula is C21H26N2O2. The zero-order valence-corrected chi connectivity index (χ0v) is 15.2. The molecule has 4 heteroatoms. The molecule has 5 atom stereocenters. The molecule has 0 N–H and O–H groups in total. The second-order valence-electron chi connectivity index (χ2n) is 8.21. The van der Waals surface area contributed by atoms with Crippen LogP contribution in [0.15, 0.2) is 24.3 Å². The molecule has 3 aliphatic heterocycles. The van der Waals surface area contributed by atoms with Crippen LogP contribution in [0.25, 0.3) is 10.9 Å². The molecule has 0 aliphatic carbocycles.